The molecule has 5 nitrogen and oxygen atoms in total. The van der Waals surface area contributed by atoms with Crippen molar-refractivity contribution in [3.63, 3.8) is 0 Å². The van der Waals surface area contributed by atoms with E-state index in [4.69, 9.17) is 4.74 Å². The van der Waals surface area contributed by atoms with Crippen LogP contribution in [0.3, 0.4) is 0 Å². The molecule has 2 aromatic carbocycles. The number of nitrogens with one attached hydrogen (secondary N) is 1. The highest BCUT2D eigenvalue weighted by Gasteiger charge is 2.17. The molecule has 1 atom stereocenters. The maximum atomic E-state index is 12.7. The maximum absolute atomic E-state index is 12.7. The lowest BCUT2D eigenvalue weighted by Gasteiger charge is -2.19. The molecule has 0 saturated carbocycles. The number of hydrogen-bond donors (Lipinski definition) is 1. The van der Waals surface area contributed by atoms with Crippen LogP contribution in [0.2, 0.25) is 0 Å². The van der Waals surface area contributed by atoms with E-state index in [0.29, 0.717) is 23.3 Å². The minimum absolute atomic E-state index is 0.00622. The van der Waals surface area contributed by atoms with Gasteiger partial charge in [0, 0.05) is 24.3 Å². The van der Waals surface area contributed by atoms with Crippen LogP contribution in [0.4, 0.5) is 0 Å². The van der Waals surface area contributed by atoms with E-state index in [2.05, 4.69) is 5.32 Å². The highest BCUT2D eigenvalue weighted by Crippen LogP contribution is 2.15. The number of ether oxygens (including phenoxy) is 1. The molecule has 6 heteroatoms. The molecule has 2 rings (SSSR count). The van der Waals surface area contributed by atoms with E-state index in [1.807, 2.05) is 31.2 Å². The third kappa shape index (κ3) is 6.25. The lowest BCUT2D eigenvalue weighted by Crippen LogP contribution is -2.38. The fraction of sp³-hybridized carbons (Fsp3) is 0.286. The number of benzene rings is 2. The van der Waals surface area contributed by atoms with Gasteiger partial charge in [-0.15, -0.1) is 0 Å². The molecule has 1 amide bonds. The Balaban J connectivity index is 2.16. The van der Waals surface area contributed by atoms with Crippen LogP contribution in [-0.2, 0) is 16.0 Å². The smallest absolute Gasteiger partial charge is 0.337 e. The molecule has 0 fully saturated rings. The van der Waals surface area contributed by atoms with Crippen LogP contribution in [-0.4, -0.2) is 35.9 Å². The Morgan fingerprint density at radius 3 is 2.44 bits per heavy atom. The zero-order valence-corrected chi connectivity index (χ0v) is 16.5. The van der Waals surface area contributed by atoms with Gasteiger partial charge in [-0.05, 0) is 42.7 Å². The Labute approximate surface area is 163 Å². The summed E-state index contributed by atoms with van der Waals surface area (Å²) in [6.45, 7) is 3.53. The van der Waals surface area contributed by atoms with E-state index < -0.39 is 5.97 Å². The normalized spacial score (nSPS) is 11.5. The number of thioether (sulfide) groups is 1. The molecule has 0 aliphatic rings. The van der Waals surface area contributed by atoms with E-state index >= 15 is 0 Å². The fourth-order valence-corrected chi connectivity index (χ4v) is 3.29. The third-order valence-corrected chi connectivity index (χ3v) is 5.07. The van der Waals surface area contributed by atoms with Crippen LogP contribution in [0.25, 0.3) is 0 Å². The van der Waals surface area contributed by atoms with Crippen LogP contribution in [0, 0.1) is 6.92 Å². The Morgan fingerprint density at radius 1 is 1.07 bits per heavy atom. The lowest BCUT2D eigenvalue weighted by molar-refractivity contribution is -0.109. The molecule has 0 heterocycles. The zero-order valence-electron chi connectivity index (χ0n) is 15.7. The van der Waals surface area contributed by atoms with E-state index in [-0.39, 0.29) is 17.1 Å². The number of carbonyl (C=O) groups excluding carboxylic acids is 3. The number of hydrogen-bond acceptors (Lipinski definition) is 5. The van der Waals surface area contributed by atoms with Crippen molar-refractivity contribution in [3.05, 3.63) is 70.8 Å². The minimum atomic E-state index is -0.492. The lowest BCUT2D eigenvalue weighted by atomic mass is 10.0. The molecular formula is C21H23NO4S. The number of carbonyl (C=O) groups is 3. The molecule has 2 aromatic rings. The van der Waals surface area contributed by atoms with Gasteiger partial charge >= 0.3 is 5.97 Å². The molecule has 0 aliphatic carbocycles. The van der Waals surface area contributed by atoms with Crippen molar-refractivity contribution in [2.45, 2.75) is 26.3 Å². The summed E-state index contributed by atoms with van der Waals surface area (Å²) >= 11 is 1.19. The summed E-state index contributed by atoms with van der Waals surface area (Å²) in [5.74, 6) is -0.303. The number of aryl methyl sites for hydroxylation is 1. The summed E-state index contributed by atoms with van der Waals surface area (Å²) < 4.78 is 4.70. The Bertz CT molecular complexity index is 834. The molecule has 0 aromatic heterocycles. The quantitative estimate of drug-likeness (QED) is 0.740. The van der Waals surface area contributed by atoms with Gasteiger partial charge in [-0.1, -0.05) is 42.1 Å². The van der Waals surface area contributed by atoms with Crippen LogP contribution in [0.15, 0.2) is 48.5 Å². The molecule has 0 bridgehead atoms. The van der Waals surface area contributed by atoms with E-state index in [1.165, 1.54) is 31.9 Å². The van der Waals surface area contributed by atoms with E-state index in [9.17, 15) is 14.4 Å². The predicted molar refractivity (Wildman–Crippen MR) is 107 cm³/mol. The Hall–Kier alpha value is -2.60. The topological polar surface area (TPSA) is 72.5 Å². The number of methoxy groups -OCH3 is 1. The van der Waals surface area contributed by atoms with Crippen LogP contribution in [0.5, 0.6) is 0 Å². The van der Waals surface area contributed by atoms with Gasteiger partial charge in [-0.25, -0.2) is 4.79 Å². The molecule has 27 heavy (non-hydrogen) atoms. The predicted octanol–water partition coefficient (Wildman–Crippen LogP) is 3.40. The first-order valence-electron chi connectivity index (χ1n) is 8.57. The maximum Gasteiger partial charge on any atom is 0.337 e. The summed E-state index contributed by atoms with van der Waals surface area (Å²) in [4.78, 5) is 35.7. The fourth-order valence-electron chi connectivity index (χ4n) is 2.65. The van der Waals surface area contributed by atoms with Gasteiger partial charge in [0.25, 0.3) is 5.91 Å². The largest absolute Gasteiger partial charge is 0.465 e. The van der Waals surface area contributed by atoms with Crippen molar-refractivity contribution >= 4 is 28.8 Å². The average molecular weight is 385 g/mol. The summed E-state index contributed by atoms with van der Waals surface area (Å²) in [5.41, 5.74) is 2.95. The van der Waals surface area contributed by atoms with Crippen LogP contribution < -0.4 is 5.32 Å². The van der Waals surface area contributed by atoms with Crippen LogP contribution >= 0.6 is 11.8 Å². The first kappa shape index (κ1) is 20.7. The summed E-state index contributed by atoms with van der Waals surface area (Å²) in [6.07, 6.45) is 0.620. The molecule has 0 spiro atoms. The van der Waals surface area contributed by atoms with Gasteiger partial charge in [0.15, 0.2) is 5.12 Å². The first-order chi connectivity index (χ1) is 12.9. The van der Waals surface area contributed by atoms with Gasteiger partial charge in [0.2, 0.25) is 0 Å². The van der Waals surface area contributed by atoms with Crippen molar-refractivity contribution in [2.24, 2.45) is 0 Å². The van der Waals surface area contributed by atoms with Gasteiger partial charge in [-0.2, -0.15) is 0 Å². The van der Waals surface area contributed by atoms with Gasteiger partial charge in [-0.3, -0.25) is 9.59 Å². The first-order valence-corrected chi connectivity index (χ1v) is 9.56. The Kier molecular flexibility index (Phi) is 7.61. The van der Waals surface area contributed by atoms with Crippen molar-refractivity contribution in [2.75, 3.05) is 12.9 Å². The third-order valence-electron chi connectivity index (χ3n) is 4.10. The zero-order chi connectivity index (χ0) is 19.8. The Morgan fingerprint density at radius 2 is 1.78 bits per heavy atom. The average Bonchev–Trinajstić information content (AvgIpc) is 2.67. The second kappa shape index (κ2) is 9.92. The molecular weight excluding hydrogens is 362 g/mol. The van der Waals surface area contributed by atoms with E-state index in [1.54, 1.807) is 18.2 Å². The van der Waals surface area contributed by atoms with Crippen molar-refractivity contribution in [1.82, 2.24) is 5.32 Å². The van der Waals surface area contributed by atoms with E-state index in [0.717, 1.165) is 11.1 Å². The number of rotatable bonds is 7. The molecule has 1 unspecified atom stereocenters. The highest BCUT2D eigenvalue weighted by atomic mass is 32.2. The molecule has 0 aliphatic heterocycles. The molecule has 0 radical (unpaired) electrons. The minimum Gasteiger partial charge on any atom is -0.465 e. The highest BCUT2D eigenvalue weighted by molar-refractivity contribution is 8.13. The molecule has 142 valence electrons. The SMILES string of the molecule is COC(=O)c1cccc(C(=O)NC(CSC(C)=O)Cc2ccccc2C)c1. The standard InChI is InChI=1S/C21H23NO4S/c1-14-7-4-5-8-16(14)12-19(13-27-15(2)23)22-20(24)17-9-6-10-18(11-17)21(25)26-3/h4-11,19H,12-13H2,1-3H3,(H,22,24). The number of esters is 1. The summed E-state index contributed by atoms with van der Waals surface area (Å²) in [7, 11) is 1.30. The summed E-state index contributed by atoms with van der Waals surface area (Å²) in [5, 5.41) is 2.99. The van der Waals surface area contributed by atoms with Gasteiger partial charge in [0.1, 0.15) is 0 Å². The van der Waals surface area contributed by atoms with Crippen molar-refractivity contribution < 1.29 is 19.1 Å². The molecule has 1 N–H and O–H groups in total. The van der Waals surface area contributed by atoms with Crippen molar-refractivity contribution in [3.8, 4) is 0 Å². The van der Waals surface area contributed by atoms with Crippen LogP contribution in [0.1, 0.15) is 38.8 Å². The number of amides is 1. The monoisotopic (exact) mass is 385 g/mol. The van der Waals surface area contributed by atoms with Gasteiger partial charge in [0.05, 0.1) is 12.7 Å². The second-order valence-electron chi connectivity index (χ2n) is 6.18. The van der Waals surface area contributed by atoms with Gasteiger partial charge < -0.3 is 10.1 Å². The second-order valence-corrected chi connectivity index (χ2v) is 7.37. The van der Waals surface area contributed by atoms with Crippen molar-refractivity contribution in [1.29, 1.82) is 0 Å². The summed E-state index contributed by atoms with van der Waals surface area (Å²) in [6, 6.07) is 14.1. The molecule has 0 saturated heterocycles.